The van der Waals surface area contributed by atoms with Crippen molar-refractivity contribution < 1.29 is 19.1 Å². The molecule has 7 heteroatoms. The Morgan fingerprint density at radius 1 is 0.906 bits per heavy atom. The maximum atomic E-state index is 12.1. The summed E-state index contributed by atoms with van der Waals surface area (Å²) < 4.78 is 10.9. The summed E-state index contributed by atoms with van der Waals surface area (Å²) in [4.78, 5) is 28.4. The molecule has 0 fully saturated rings. The molecule has 1 aromatic heterocycles. The lowest BCUT2D eigenvalue weighted by Crippen LogP contribution is -2.24. The van der Waals surface area contributed by atoms with E-state index >= 15 is 0 Å². The number of nitrogens with one attached hydrogen (secondary N) is 1. The minimum absolute atomic E-state index is 0.193. The Balaban J connectivity index is 1.27. The Labute approximate surface area is 184 Å². The number of para-hydroxylation sites is 1. The van der Waals surface area contributed by atoms with E-state index in [-0.39, 0.29) is 6.61 Å². The van der Waals surface area contributed by atoms with Crippen molar-refractivity contribution in [3.8, 4) is 11.5 Å². The number of aromatic nitrogens is 1. The first-order valence-corrected chi connectivity index (χ1v) is 9.85. The van der Waals surface area contributed by atoms with E-state index in [0.29, 0.717) is 22.6 Å². The zero-order valence-electron chi connectivity index (χ0n) is 17.0. The summed E-state index contributed by atoms with van der Waals surface area (Å²) in [5.74, 6) is 0.114. The molecule has 0 spiro atoms. The fourth-order valence-corrected chi connectivity index (χ4v) is 2.91. The summed E-state index contributed by atoms with van der Waals surface area (Å²) in [5, 5.41) is 4.86. The average Bonchev–Trinajstić information content (AvgIpc) is 2.84. The van der Waals surface area contributed by atoms with E-state index in [4.69, 9.17) is 9.47 Å². The zero-order valence-corrected chi connectivity index (χ0v) is 17.0. The molecule has 0 atom stereocenters. The lowest BCUT2D eigenvalue weighted by atomic mass is 10.2. The fourth-order valence-electron chi connectivity index (χ4n) is 2.91. The highest BCUT2D eigenvalue weighted by atomic mass is 16.5. The Morgan fingerprint density at radius 2 is 1.69 bits per heavy atom. The van der Waals surface area contributed by atoms with Crippen molar-refractivity contribution in [1.29, 1.82) is 0 Å². The number of hydrazone groups is 1. The first-order valence-electron chi connectivity index (χ1n) is 9.85. The van der Waals surface area contributed by atoms with E-state index < -0.39 is 11.9 Å². The molecule has 0 saturated carbocycles. The Hall–Kier alpha value is -4.52. The van der Waals surface area contributed by atoms with Gasteiger partial charge in [0, 0.05) is 11.6 Å². The van der Waals surface area contributed by atoms with Crippen LogP contribution in [0, 0.1) is 0 Å². The van der Waals surface area contributed by atoms with E-state index in [1.807, 2.05) is 30.3 Å². The van der Waals surface area contributed by atoms with Gasteiger partial charge < -0.3 is 9.47 Å². The van der Waals surface area contributed by atoms with Crippen LogP contribution in [0.2, 0.25) is 0 Å². The molecule has 0 aliphatic carbocycles. The number of pyridine rings is 1. The van der Waals surface area contributed by atoms with Gasteiger partial charge in [-0.1, -0.05) is 36.4 Å². The number of carbonyl (C=O) groups excluding carboxylic acids is 2. The topological polar surface area (TPSA) is 89.9 Å². The maximum absolute atomic E-state index is 12.1. The highest BCUT2D eigenvalue weighted by Gasteiger charge is 2.08. The van der Waals surface area contributed by atoms with Gasteiger partial charge in [0.15, 0.2) is 6.61 Å². The van der Waals surface area contributed by atoms with Gasteiger partial charge in [-0.05, 0) is 54.1 Å². The molecule has 0 saturated heterocycles. The van der Waals surface area contributed by atoms with Crippen molar-refractivity contribution in [2.75, 3.05) is 6.61 Å². The summed E-state index contributed by atoms with van der Waals surface area (Å²) in [6.07, 6.45) is 3.16. The number of hydrogen-bond donors (Lipinski definition) is 1. The molecule has 1 amide bonds. The van der Waals surface area contributed by atoms with Crippen molar-refractivity contribution >= 4 is 29.0 Å². The van der Waals surface area contributed by atoms with E-state index in [1.54, 1.807) is 60.8 Å². The zero-order chi connectivity index (χ0) is 22.2. The smallest absolute Gasteiger partial charge is 0.343 e. The number of benzene rings is 3. The van der Waals surface area contributed by atoms with Gasteiger partial charge in [-0.25, -0.2) is 10.2 Å². The predicted molar refractivity (Wildman–Crippen MR) is 121 cm³/mol. The molecule has 158 valence electrons. The monoisotopic (exact) mass is 425 g/mol. The lowest BCUT2D eigenvalue weighted by Gasteiger charge is -2.07. The molecule has 4 rings (SSSR count). The third kappa shape index (κ3) is 5.34. The summed E-state index contributed by atoms with van der Waals surface area (Å²) in [6, 6.07) is 24.8. The van der Waals surface area contributed by atoms with E-state index in [9.17, 15) is 9.59 Å². The molecule has 1 N–H and O–H groups in total. The second kappa shape index (κ2) is 9.99. The van der Waals surface area contributed by atoms with Gasteiger partial charge in [0.2, 0.25) is 0 Å². The van der Waals surface area contributed by atoms with E-state index in [2.05, 4.69) is 15.5 Å². The number of nitrogens with zero attached hydrogens (tertiary/aromatic N) is 2. The molecule has 0 unspecified atom stereocenters. The minimum Gasteiger partial charge on any atom is -0.481 e. The minimum atomic E-state index is -0.430. The molecule has 0 aliphatic heterocycles. The number of fused-ring (bicyclic) bond motifs is 1. The van der Waals surface area contributed by atoms with Crippen molar-refractivity contribution in [3.05, 3.63) is 102 Å². The second-order valence-electron chi connectivity index (χ2n) is 6.74. The van der Waals surface area contributed by atoms with Gasteiger partial charge in [-0.3, -0.25) is 9.78 Å². The summed E-state index contributed by atoms with van der Waals surface area (Å²) in [7, 11) is 0. The number of rotatable bonds is 7. The molecular formula is C25H19N3O4. The second-order valence-corrected chi connectivity index (χ2v) is 6.74. The van der Waals surface area contributed by atoms with Crippen LogP contribution >= 0.6 is 0 Å². The molecule has 7 nitrogen and oxygen atoms in total. The molecule has 3 aromatic carbocycles. The summed E-state index contributed by atoms with van der Waals surface area (Å²) in [5.41, 5.74) is 4.31. The highest BCUT2D eigenvalue weighted by molar-refractivity contribution is 5.91. The molecule has 4 aromatic rings. The quantitative estimate of drug-likeness (QED) is 0.209. The first kappa shape index (κ1) is 20.7. The summed E-state index contributed by atoms with van der Waals surface area (Å²) >= 11 is 0. The standard InChI is InChI=1S/C25H19N3O4/c29-23(17-31-22-10-4-8-19-9-5-15-26-24(19)22)28-27-16-18-11-13-21(14-12-18)32-25(30)20-6-2-1-3-7-20/h1-16H,17H2,(H,28,29)/b27-16-. The number of esters is 1. The van der Waals surface area contributed by atoms with Crippen LogP contribution < -0.4 is 14.9 Å². The third-order valence-electron chi connectivity index (χ3n) is 4.46. The maximum Gasteiger partial charge on any atom is 0.343 e. The number of hydrogen-bond acceptors (Lipinski definition) is 6. The SMILES string of the molecule is O=C(COc1cccc2cccnc12)N/N=C\c1ccc(OC(=O)c2ccccc2)cc1. The van der Waals surface area contributed by atoms with Crippen LogP contribution in [0.3, 0.4) is 0 Å². The summed E-state index contributed by atoms with van der Waals surface area (Å²) in [6.45, 7) is -0.193. The van der Waals surface area contributed by atoms with E-state index in [1.165, 1.54) is 6.21 Å². The van der Waals surface area contributed by atoms with Crippen LogP contribution in [-0.2, 0) is 4.79 Å². The molecular weight excluding hydrogens is 406 g/mol. The van der Waals surface area contributed by atoms with Crippen LogP contribution in [0.4, 0.5) is 0 Å². The predicted octanol–water partition coefficient (Wildman–Crippen LogP) is 3.98. The largest absolute Gasteiger partial charge is 0.481 e. The van der Waals surface area contributed by atoms with Crippen LogP contribution in [-0.4, -0.2) is 29.7 Å². The first-order chi connectivity index (χ1) is 15.7. The van der Waals surface area contributed by atoms with Crippen LogP contribution in [0.25, 0.3) is 10.9 Å². The van der Waals surface area contributed by atoms with Crippen molar-refractivity contribution in [2.45, 2.75) is 0 Å². The Bertz CT molecular complexity index is 1250. The van der Waals surface area contributed by atoms with Gasteiger partial charge >= 0.3 is 5.97 Å². The molecule has 32 heavy (non-hydrogen) atoms. The van der Waals surface area contributed by atoms with Gasteiger partial charge in [-0.15, -0.1) is 0 Å². The van der Waals surface area contributed by atoms with Gasteiger partial charge in [0.25, 0.3) is 5.91 Å². The van der Waals surface area contributed by atoms with Crippen molar-refractivity contribution in [2.24, 2.45) is 5.10 Å². The normalized spacial score (nSPS) is 10.8. The Morgan fingerprint density at radius 3 is 2.50 bits per heavy atom. The van der Waals surface area contributed by atoms with Crippen molar-refractivity contribution in [3.63, 3.8) is 0 Å². The van der Waals surface area contributed by atoms with Gasteiger partial charge in [0.1, 0.15) is 17.0 Å². The third-order valence-corrected chi connectivity index (χ3v) is 4.46. The number of amides is 1. The lowest BCUT2D eigenvalue weighted by molar-refractivity contribution is -0.123. The molecule has 0 bridgehead atoms. The average molecular weight is 425 g/mol. The van der Waals surface area contributed by atoms with Crippen LogP contribution in [0.15, 0.2) is 96.2 Å². The highest BCUT2D eigenvalue weighted by Crippen LogP contribution is 2.22. The van der Waals surface area contributed by atoms with Crippen LogP contribution in [0.1, 0.15) is 15.9 Å². The van der Waals surface area contributed by atoms with Gasteiger partial charge in [0.05, 0.1) is 11.8 Å². The fraction of sp³-hybridized carbons (Fsp3) is 0.0400. The van der Waals surface area contributed by atoms with Crippen molar-refractivity contribution in [1.82, 2.24) is 10.4 Å². The molecule has 0 aliphatic rings. The molecule has 0 radical (unpaired) electrons. The number of carbonyl (C=O) groups is 2. The van der Waals surface area contributed by atoms with Crippen LogP contribution in [0.5, 0.6) is 11.5 Å². The molecule has 1 heterocycles. The Kier molecular flexibility index (Phi) is 6.48. The van der Waals surface area contributed by atoms with E-state index in [0.717, 1.165) is 10.9 Å². The van der Waals surface area contributed by atoms with Gasteiger partial charge in [-0.2, -0.15) is 5.10 Å². The number of ether oxygens (including phenoxy) is 2.